The third kappa shape index (κ3) is 53.9. The van der Waals surface area contributed by atoms with Crippen LogP contribution in [0, 0.1) is 0 Å². The van der Waals surface area contributed by atoms with Gasteiger partial charge in [-0.05, 0) is 64.2 Å². The maximum atomic E-state index is 12.8. The molecule has 0 N–H and O–H groups in total. The van der Waals surface area contributed by atoms with Gasteiger partial charge in [0.25, 0.3) is 0 Å². The predicted octanol–water partition coefficient (Wildman–Crippen LogP) is 19.2. The molecular weight excluding hydrogens is 829 g/mol. The summed E-state index contributed by atoms with van der Waals surface area (Å²) in [5.74, 6) is -0.882. The molecule has 6 nitrogen and oxygen atoms in total. The van der Waals surface area contributed by atoms with Crippen LogP contribution in [-0.2, 0) is 28.6 Å². The molecular formula is C61H108O6. The Morgan fingerprint density at radius 2 is 0.582 bits per heavy atom. The van der Waals surface area contributed by atoms with Gasteiger partial charge in [-0.1, -0.05) is 268 Å². The Balaban J connectivity index is 4.36. The van der Waals surface area contributed by atoms with Crippen LogP contribution in [0.4, 0.5) is 0 Å². The number of hydrogen-bond donors (Lipinski definition) is 0. The maximum absolute atomic E-state index is 12.8. The molecule has 0 aromatic carbocycles. The Hall–Kier alpha value is -2.89. The van der Waals surface area contributed by atoms with Crippen LogP contribution in [0.3, 0.4) is 0 Å². The Kier molecular flexibility index (Phi) is 53.3. The van der Waals surface area contributed by atoms with Crippen LogP contribution in [-0.4, -0.2) is 37.2 Å². The second-order valence-corrected chi connectivity index (χ2v) is 19.2. The molecule has 1 atom stereocenters. The number of esters is 3. The second-order valence-electron chi connectivity index (χ2n) is 19.2. The van der Waals surface area contributed by atoms with E-state index in [2.05, 4.69) is 81.5 Å². The average Bonchev–Trinajstić information content (AvgIpc) is 3.33. The van der Waals surface area contributed by atoms with Crippen molar-refractivity contribution in [1.82, 2.24) is 0 Å². The van der Waals surface area contributed by atoms with E-state index in [0.717, 1.165) is 109 Å². The molecule has 0 aliphatic heterocycles. The van der Waals surface area contributed by atoms with Crippen molar-refractivity contribution in [2.24, 2.45) is 0 Å². The number of ether oxygens (including phenoxy) is 3. The number of carbonyl (C=O) groups excluding carboxylic acids is 3. The first-order valence-corrected chi connectivity index (χ1v) is 28.8. The summed E-state index contributed by atoms with van der Waals surface area (Å²) < 4.78 is 16.9. The monoisotopic (exact) mass is 937 g/mol. The molecule has 0 amide bonds. The first-order chi connectivity index (χ1) is 33.0. The zero-order valence-corrected chi connectivity index (χ0v) is 44.4. The molecule has 0 rings (SSSR count). The number of rotatable bonds is 52. The highest BCUT2D eigenvalue weighted by atomic mass is 16.6. The molecule has 0 fully saturated rings. The maximum Gasteiger partial charge on any atom is 0.306 e. The molecule has 0 aromatic heterocycles. The van der Waals surface area contributed by atoms with Gasteiger partial charge in [-0.3, -0.25) is 14.4 Å². The molecule has 0 bridgehead atoms. The van der Waals surface area contributed by atoms with Crippen molar-refractivity contribution in [3.63, 3.8) is 0 Å². The van der Waals surface area contributed by atoms with Crippen molar-refractivity contribution in [3.8, 4) is 0 Å². The lowest BCUT2D eigenvalue weighted by Gasteiger charge is -2.18. The fraction of sp³-hybridized carbons (Fsp3) is 0.787. The number of unbranched alkanes of at least 4 members (excludes halogenated alkanes) is 31. The summed E-state index contributed by atoms with van der Waals surface area (Å²) in [5.41, 5.74) is 0. The van der Waals surface area contributed by atoms with Gasteiger partial charge in [0.15, 0.2) is 6.10 Å². The van der Waals surface area contributed by atoms with Crippen LogP contribution in [0.25, 0.3) is 0 Å². The van der Waals surface area contributed by atoms with E-state index in [1.54, 1.807) is 0 Å². The minimum atomic E-state index is -0.778. The molecule has 6 heteroatoms. The SMILES string of the molecule is CC/C=C\C/C=C\C/C=C\C/C=C\C/C=C\CCCCCCCC(=O)OCC(COC(=O)CCCCCCCCCCCCCC)OC(=O)CCCCCCCCCCCCCCCCCC. The number of allylic oxidation sites excluding steroid dienone is 10. The summed E-state index contributed by atoms with van der Waals surface area (Å²) in [7, 11) is 0. The first-order valence-electron chi connectivity index (χ1n) is 28.8. The van der Waals surface area contributed by atoms with Crippen LogP contribution in [0.1, 0.15) is 290 Å². The lowest BCUT2D eigenvalue weighted by molar-refractivity contribution is -0.167. The van der Waals surface area contributed by atoms with E-state index in [0.29, 0.717) is 19.3 Å². The second kappa shape index (κ2) is 55.7. The Bertz CT molecular complexity index is 1210. The zero-order chi connectivity index (χ0) is 48.6. The summed E-state index contributed by atoms with van der Waals surface area (Å²) in [6.07, 6.45) is 69.2. The van der Waals surface area contributed by atoms with Crippen molar-refractivity contribution in [1.29, 1.82) is 0 Å². The van der Waals surface area contributed by atoms with Gasteiger partial charge in [-0.15, -0.1) is 0 Å². The van der Waals surface area contributed by atoms with Crippen LogP contribution in [0.15, 0.2) is 60.8 Å². The number of hydrogen-bond acceptors (Lipinski definition) is 6. The predicted molar refractivity (Wildman–Crippen MR) is 288 cm³/mol. The lowest BCUT2D eigenvalue weighted by atomic mass is 10.0. The molecule has 0 spiro atoms. The molecule has 0 saturated heterocycles. The van der Waals surface area contributed by atoms with Crippen molar-refractivity contribution in [3.05, 3.63) is 60.8 Å². The highest BCUT2D eigenvalue weighted by molar-refractivity contribution is 5.71. The van der Waals surface area contributed by atoms with Crippen LogP contribution < -0.4 is 0 Å². The van der Waals surface area contributed by atoms with Crippen molar-refractivity contribution in [2.75, 3.05) is 13.2 Å². The molecule has 0 radical (unpaired) electrons. The standard InChI is InChI=1S/C61H108O6/c1-4-7-10-13-16-19-22-25-27-29-30-31-32-33-35-36-39-42-45-48-51-54-60(63)66-57-58(56-65-59(62)53-50-47-44-41-38-24-21-18-15-12-9-6-3)67-61(64)55-52-49-46-43-40-37-34-28-26-23-20-17-14-11-8-5-2/h7,10,16,19,25,27,30-31,33,35,58H,4-6,8-9,11-15,17-18,20-24,26,28-29,32,34,36-57H2,1-3H3/b10-7-,19-16-,27-25-,31-30-,35-33-. The molecule has 0 saturated carbocycles. The lowest BCUT2D eigenvalue weighted by Crippen LogP contribution is -2.30. The van der Waals surface area contributed by atoms with Gasteiger partial charge in [0.1, 0.15) is 13.2 Å². The summed E-state index contributed by atoms with van der Waals surface area (Å²) in [6.45, 7) is 6.54. The Morgan fingerprint density at radius 1 is 0.313 bits per heavy atom. The van der Waals surface area contributed by atoms with Gasteiger partial charge in [0, 0.05) is 19.3 Å². The summed E-state index contributed by atoms with van der Waals surface area (Å²) >= 11 is 0. The van der Waals surface area contributed by atoms with E-state index in [-0.39, 0.29) is 31.1 Å². The molecule has 1 unspecified atom stereocenters. The zero-order valence-electron chi connectivity index (χ0n) is 44.4. The van der Waals surface area contributed by atoms with E-state index in [9.17, 15) is 14.4 Å². The van der Waals surface area contributed by atoms with E-state index >= 15 is 0 Å². The normalized spacial score (nSPS) is 12.5. The summed E-state index contributed by atoms with van der Waals surface area (Å²) in [4.78, 5) is 38.1. The largest absolute Gasteiger partial charge is 0.462 e. The quantitative estimate of drug-likeness (QED) is 0.0262. The highest BCUT2D eigenvalue weighted by Crippen LogP contribution is 2.16. The minimum absolute atomic E-state index is 0.0764. The number of carbonyl (C=O) groups is 3. The van der Waals surface area contributed by atoms with Gasteiger partial charge in [0.2, 0.25) is 0 Å². The van der Waals surface area contributed by atoms with Crippen LogP contribution >= 0.6 is 0 Å². The summed E-state index contributed by atoms with van der Waals surface area (Å²) in [6, 6.07) is 0. The Labute approximate surface area is 415 Å². The van der Waals surface area contributed by atoms with E-state index in [4.69, 9.17) is 14.2 Å². The molecule has 0 aliphatic carbocycles. The van der Waals surface area contributed by atoms with Gasteiger partial charge in [-0.25, -0.2) is 0 Å². The van der Waals surface area contributed by atoms with Gasteiger partial charge < -0.3 is 14.2 Å². The van der Waals surface area contributed by atoms with Gasteiger partial charge in [-0.2, -0.15) is 0 Å². The molecule has 0 heterocycles. The van der Waals surface area contributed by atoms with Gasteiger partial charge in [0.05, 0.1) is 0 Å². The minimum Gasteiger partial charge on any atom is -0.462 e. The smallest absolute Gasteiger partial charge is 0.306 e. The third-order valence-electron chi connectivity index (χ3n) is 12.5. The van der Waals surface area contributed by atoms with Crippen molar-refractivity contribution >= 4 is 17.9 Å². The van der Waals surface area contributed by atoms with Gasteiger partial charge >= 0.3 is 17.9 Å². The Morgan fingerprint density at radius 3 is 0.910 bits per heavy atom. The van der Waals surface area contributed by atoms with Crippen LogP contribution in [0.2, 0.25) is 0 Å². The third-order valence-corrected chi connectivity index (χ3v) is 12.5. The fourth-order valence-electron chi connectivity index (χ4n) is 8.24. The topological polar surface area (TPSA) is 78.9 Å². The summed E-state index contributed by atoms with van der Waals surface area (Å²) in [5, 5.41) is 0. The molecule has 0 aliphatic rings. The molecule has 0 aromatic rings. The average molecular weight is 938 g/mol. The first kappa shape index (κ1) is 64.1. The molecule has 388 valence electrons. The van der Waals surface area contributed by atoms with E-state index in [1.807, 2.05) is 0 Å². The molecule has 67 heavy (non-hydrogen) atoms. The van der Waals surface area contributed by atoms with Crippen molar-refractivity contribution < 1.29 is 28.6 Å². The van der Waals surface area contributed by atoms with Crippen molar-refractivity contribution in [2.45, 2.75) is 297 Å². The highest BCUT2D eigenvalue weighted by Gasteiger charge is 2.19. The van der Waals surface area contributed by atoms with Crippen LogP contribution in [0.5, 0.6) is 0 Å². The van der Waals surface area contributed by atoms with E-state index in [1.165, 1.54) is 141 Å². The fourth-order valence-corrected chi connectivity index (χ4v) is 8.24. The van der Waals surface area contributed by atoms with E-state index < -0.39 is 6.10 Å².